The van der Waals surface area contributed by atoms with Crippen LogP contribution < -0.4 is 5.73 Å². The number of rotatable bonds is 5. The van der Waals surface area contributed by atoms with Crippen LogP contribution in [0.15, 0.2) is 46.9 Å². The SMILES string of the molecule is CCCCc1ccc(C(N)c2ccc(Cl)cc2Br)cc1. The highest BCUT2D eigenvalue weighted by molar-refractivity contribution is 9.10. The largest absolute Gasteiger partial charge is 0.320 e. The van der Waals surface area contributed by atoms with E-state index in [1.54, 1.807) is 0 Å². The summed E-state index contributed by atoms with van der Waals surface area (Å²) in [5.41, 5.74) is 9.89. The van der Waals surface area contributed by atoms with Crippen LogP contribution in [0.5, 0.6) is 0 Å². The van der Waals surface area contributed by atoms with Gasteiger partial charge in [0.2, 0.25) is 0 Å². The Morgan fingerprint density at radius 2 is 1.85 bits per heavy atom. The fourth-order valence-electron chi connectivity index (χ4n) is 2.21. The molecule has 0 aliphatic rings. The average molecular weight is 353 g/mol. The van der Waals surface area contributed by atoms with Crippen LogP contribution in [-0.2, 0) is 6.42 Å². The molecule has 0 radical (unpaired) electrons. The molecule has 2 aromatic rings. The topological polar surface area (TPSA) is 26.0 Å². The predicted molar refractivity (Wildman–Crippen MR) is 90.2 cm³/mol. The summed E-state index contributed by atoms with van der Waals surface area (Å²) in [5.74, 6) is 0. The molecule has 1 atom stereocenters. The lowest BCUT2D eigenvalue weighted by atomic mass is 9.97. The molecule has 2 N–H and O–H groups in total. The molecular weight excluding hydrogens is 334 g/mol. The third-order valence-electron chi connectivity index (χ3n) is 3.46. The van der Waals surface area contributed by atoms with Crippen LogP contribution in [-0.4, -0.2) is 0 Å². The molecule has 0 aliphatic heterocycles. The zero-order chi connectivity index (χ0) is 14.5. The lowest BCUT2D eigenvalue weighted by molar-refractivity contribution is 0.793. The van der Waals surface area contributed by atoms with Crippen LogP contribution in [0.1, 0.15) is 42.5 Å². The third-order valence-corrected chi connectivity index (χ3v) is 4.38. The Morgan fingerprint density at radius 3 is 2.45 bits per heavy atom. The Bertz CT molecular complexity index is 566. The smallest absolute Gasteiger partial charge is 0.0562 e. The van der Waals surface area contributed by atoms with Crippen LogP contribution in [0, 0.1) is 0 Å². The molecule has 0 saturated carbocycles. The average Bonchev–Trinajstić information content (AvgIpc) is 2.45. The molecule has 2 aromatic carbocycles. The molecule has 0 amide bonds. The van der Waals surface area contributed by atoms with E-state index in [1.165, 1.54) is 18.4 Å². The highest BCUT2D eigenvalue weighted by atomic mass is 79.9. The summed E-state index contributed by atoms with van der Waals surface area (Å²) in [5, 5.41) is 0.711. The van der Waals surface area contributed by atoms with Crippen molar-refractivity contribution in [2.24, 2.45) is 5.73 Å². The fraction of sp³-hybridized carbons (Fsp3) is 0.294. The van der Waals surface area contributed by atoms with Crippen LogP contribution in [0.4, 0.5) is 0 Å². The van der Waals surface area contributed by atoms with Crippen LogP contribution in [0.3, 0.4) is 0 Å². The first-order valence-electron chi connectivity index (χ1n) is 6.91. The monoisotopic (exact) mass is 351 g/mol. The van der Waals surface area contributed by atoms with E-state index in [2.05, 4.69) is 47.1 Å². The minimum atomic E-state index is -0.137. The van der Waals surface area contributed by atoms with Crippen molar-refractivity contribution in [3.05, 3.63) is 68.7 Å². The van der Waals surface area contributed by atoms with Gasteiger partial charge in [-0.2, -0.15) is 0 Å². The predicted octanol–water partition coefficient (Wildman–Crippen LogP) is 5.49. The summed E-state index contributed by atoms with van der Waals surface area (Å²) in [6.07, 6.45) is 3.59. The third kappa shape index (κ3) is 3.85. The summed E-state index contributed by atoms with van der Waals surface area (Å²) in [4.78, 5) is 0. The molecule has 0 aromatic heterocycles. The zero-order valence-corrected chi connectivity index (χ0v) is 13.9. The van der Waals surface area contributed by atoms with Crippen LogP contribution in [0.25, 0.3) is 0 Å². The van der Waals surface area contributed by atoms with Crippen LogP contribution >= 0.6 is 27.5 Å². The number of benzene rings is 2. The number of nitrogens with two attached hydrogens (primary N) is 1. The van der Waals surface area contributed by atoms with Crippen molar-refractivity contribution in [2.45, 2.75) is 32.2 Å². The maximum absolute atomic E-state index is 6.34. The van der Waals surface area contributed by atoms with Crippen molar-refractivity contribution >= 4 is 27.5 Å². The van der Waals surface area contributed by atoms with Gasteiger partial charge in [-0.05, 0) is 41.7 Å². The molecule has 0 heterocycles. The van der Waals surface area contributed by atoms with Crippen molar-refractivity contribution in [3.8, 4) is 0 Å². The van der Waals surface area contributed by atoms with Gasteiger partial charge in [-0.25, -0.2) is 0 Å². The minimum absolute atomic E-state index is 0.137. The Labute approximate surface area is 134 Å². The van der Waals surface area contributed by atoms with E-state index >= 15 is 0 Å². The normalized spacial score (nSPS) is 12.4. The summed E-state index contributed by atoms with van der Waals surface area (Å²) in [6, 6.07) is 14.2. The van der Waals surface area contributed by atoms with E-state index in [0.29, 0.717) is 5.02 Å². The van der Waals surface area contributed by atoms with Crippen molar-refractivity contribution in [1.29, 1.82) is 0 Å². The summed E-state index contributed by atoms with van der Waals surface area (Å²) < 4.78 is 0.951. The van der Waals surface area contributed by atoms with Crippen molar-refractivity contribution in [1.82, 2.24) is 0 Å². The molecule has 0 aliphatic carbocycles. The van der Waals surface area contributed by atoms with Crippen molar-refractivity contribution in [3.63, 3.8) is 0 Å². The van der Waals surface area contributed by atoms with Crippen molar-refractivity contribution < 1.29 is 0 Å². The number of aryl methyl sites for hydroxylation is 1. The Morgan fingerprint density at radius 1 is 1.15 bits per heavy atom. The van der Waals surface area contributed by atoms with Gasteiger partial charge in [0.25, 0.3) is 0 Å². The van der Waals surface area contributed by atoms with E-state index in [0.717, 1.165) is 22.0 Å². The van der Waals surface area contributed by atoms with Gasteiger partial charge >= 0.3 is 0 Å². The number of hydrogen-bond donors (Lipinski definition) is 1. The van der Waals surface area contributed by atoms with Gasteiger partial charge in [0.1, 0.15) is 0 Å². The molecule has 0 fully saturated rings. The second-order valence-corrected chi connectivity index (χ2v) is 6.28. The highest BCUT2D eigenvalue weighted by Gasteiger charge is 2.12. The molecule has 1 unspecified atom stereocenters. The van der Waals surface area contributed by atoms with E-state index in [9.17, 15) is 0 Å². The Hall–Kier alpha value is -0.830. The van der Waals surface area contributed by atoms with Gasteiger partial charge in [0, 0.05) is 9.50 Å². The lowest BCUT2D eigenvalue weighted by Gasteiger charge is -2.15. The lowest BCUT2D eigenvalue weighted by Crippen LogP contribution is -2.12. The molecule has 3 heteroatoms. The Kier molecular flexibility index (Phi) is 5.64. The Balaban J connectivity index is 2.18. The summed E-state index contributed by atoms with van der Waals surface area (Å²) >= 11 is 9.50. The van der Waals surface area contributed by atoms with Gasteiger partial charge in [-0.15, -0.1) is 0 Å². The number of halogens is 2. The zero-order valence-electron chi connectivity index (χ0n) is 11.6. The van der Waals surface area contributed by atoms with Gasteiger partial charge in [0.15, 0.2) is 0 Å². The first-order valence-corrected chi connectivity index (χ1v) is 8.08. The quantitative estimate of drug-likeness (QED) is 0.756. The minimum Gasteiger partial charge on any atom is -0.320 e. The van der Waals surface area contributed by atoms with Crippen LogP contribution in [0.2, 0.25) is 5.02 Å². The summed E-state index contributed by atoms with van der Waals surface area (Å²) in [6.45, 7) is 2.21. The molecular formula is C17H19BrClN. The highest BCUT2D eigenvalue weighted by Crippen LogP contribution is 2.29. The van der Waals surface area contributed by atoms with E-state index in [4.69, 9.17) is 17.3 Å². The molecule has 1 nitrogen and oxygen atoms in total. The fourth-order valence-corrected chi connectivity index (χ4v) is 3.14. The number of unbranched alkanes of at least 4 members (excludes halogenated alkanes) is 1. The maximum atomic E-state index is 6.34. The van der Waals surface area contributed by atoms with Gasteiger partial charge in [-0.3, -0.25) is 0 Å². The first kappa shape index (κ1) is 15.6. The van der Waals surface area contributed by atoms with E-state index < -0.39 is 0 Å². The van der Waals surface area contributed by atoms with E-state index in [1.807, 2.05) is 18.2 Å². The molecule has 0 saturated heterocycles. The summed E-state index contributed by atoms with van der Waals surface area (Å²) in [7, 11) is 0. The number of hydrogen-bond acceptors (Lipinski definition) is 1. The van der Waals surface area contributed by atoms with Gasteiger partial charge < -0.3 is 5.73 Å². The second-order valence-electron chi connectivity index (χ2n) is 4.99. The van der Waals surface area contributed by atoms with Gasteiger partial charge in [0.05, 0.1) is 6.04 Å². The maximum Gasteiger partial charge on any atom is 0.0562 e. The first-order chi connectivity index (χ1) is 9.61. The molecule has 0 bridgehead atoms. The molecule has 106 valence electrons. The molecule has 0 spiro atoms. The molecule has 2 rings (SSSR count). The second kappa shape index (κ2) is 7.26. The van der Waals surface area contributed by atoms with Crippen molar-refractivity contribution in [2.75, 3.05) is 0 Å². The standard InChI is InChI=1S/C17H19BrClN/c1-2-3-4-12-5-7-13(8-6-12)17(20)15-10-9-14(19)11-16(15)18/h5-11,17H,2-4,20H2,1H3. The van der Waals surface area contributed by atoms with E-state index in [-0.39, 0.29) is 6.04 Å². The molecule has 20 heavy (non-hydrogen) atoms. The van der Waals surface area contributed by atoms with Gasteiger partial charge in [-0.1, -0.05) is 71.2 Å².